The predicted octanol–water partition coefficient (Wildman–Crippen LogP) is 4.58. The highest BCUT2D eigenvalue weighted by Crippen LogP contribution is 2.40. The number of aliphatic carboxylic acids is 1. The van der Waals surface area contributed by atoms with Gasteiger partial charge in [-0.1, -0.05) is 55.7 Å². The van der Waals surface area contributed by atoms with Gasteiger partial charge in [0.25, 0.3) is 0 Å². The van der Waals surface area contributed by atoms with E-state index in [1.165, 1.54) is 0 Å². The molecular formula is C25H33FO5. The Balaban J connectivity index is 1.55. The first-order valence-electron chi connectivity index (χ1n) is 11.3. The van der Waals surface area contributed by atoms with Crippen molar-refractivity contribution in [3.05, 3.63) is 47.8 Å². The molecule has 4 N–H and O–H groups in total. The van der Waals surface area contributed by atoms with Crippen molar-refractivity contribution >= 4 is 16.7 Å². The standard InChI is InChI=1S/C25H33FO5/c26-25-17-8-6-5-7-16(17)11-12-20(25)21(27)14-13-19-18(22(28)15-23(19)29)9-3-1-2-4-10-24(30)31/h5-8,11-12,18-19,21-23,27-29H,1-4,9-10,13-15H2,(H,30,31)/t18?,19?,21-,22?,23?/m0/s1. The molecule has 0 spiro atoms. The lowest BCUT2D eigenvalue weighted by molar-refractivity contribution is -0.137. The second-order valence-corrected chi connectivity index (χ2v) is 8.83. The third-order valence-corrected chi connectivity index (χ3v) is 6.73. The number of fused-ring (bicyclic) bond motifs is 1. The zero-order valence-electron chi connectivity index (χ0n) is 17.8. The van der Waals surface area contributed by atoms with Gasteiger partial charge in [-0.3, -0.25) is 4.79 Å². The molecule has 0 saturated heterocycles. The highest BCUT2D eigenvalue weighted by molar-refractivity contribution is 5.83. The van der Waals surface area contributed by atoms with Crippen molar-refractivity contribution in [2.24, 2.45) is 11.8 Å². The molecule has 5 nitrogen and oxygen atoms in total. The van der Waals surface area contributed by atoms with Crippen molar-refractivity contribution in [3.63, 3.8) is 0 Å². The average molecular weight is 433 g/mol. The van der Waals surface area contributed by atoms with Gasteiger partial charge in [-0.05, 0) is 49.3 Å². The van der Waals surface area contributed by atoms with Crippen LogP contribution >= 0.6 is 0 Å². The Morgan fingerprint density at radius 2 is 1.65 bits per heavy atom. The minimum absolute atomic E-state index is 0.0527. The van der Waals surface area contributed by atoms with E-state index in [1.807, 2.05) is 12.1 Å². The summed E-state index contributed by atoms with van der Waals surface area (Å²) in [5.41, 5.74) is 0.265. The van der Waals surface area contributed by atoms with Gasteiger partial charge in [0.15, 0.2) is 0 Å². The molecule has 6 heteroatoms. The molecule has 4 unspecified atom stereocenters. The van der Waals surface area contributed by atoms with Gasteiger partial charge in [-0.15, -0.1) is 0 Å². The van der Waals surface area contributed by atoms with E-state index in [0.717, 1.165) is 31.1 Å². The number of benzene rings is 2. The molecule has 0 amide bonds. The average Bonchev–Trinajstić information content (AvgIpc) is 3.01. The summed E-state index contributed by atoms with van der Waals surface area (Å²) in [7, 11) is 0. The summed E-state index contributed by atoms with van der Waals surface area (Å²) in [6.45, 7) is 0. The number of carboxylic acid groups (broad SMARTS) is 1. The fraction of sp³-hybridized carbons (Fsp3) is 0.560. The zero-order valence-corrected chi connectivity index (χ0v) is 17.8. The van der Waals surface area contributed by atoms with Gasteiger partial charge in [0.05, 0.1) is 18.3 Å². The largest absolute Gasteiger partial charge is 0.481 e. The van der Waals surface area contributed by atoms with Crippen LogP contribution in [0.4, 0.5) is 4.39 Å². The quantitative estimate of drug-likeness (QED) is 0.390. The van der Waals surface area contributed by atoms with Gasteiger partial charge in [-0.2, -0.15) is 0 Å². The molecule has 0 radical (unpaired) electrons. The van der Waals surface area contributed by atoms with E-state index in [-0.39, 0.29) is 23.8 Å². The van der Waals surface area contributed by atoms with Gasteiger partial charge >= 0.3 is 5.97 Å². The summed E-state index contributed by atoms with van der Waals surface area (Å²) in [4.78, 5) is 10.6. The molecule has 0 bridgehead atoms. The van der Waals surface area contributed by atoms with E-state index in [9.17, 15) is 24.5 Å². The summed E-state index contributed by atoms with van der Waals surface area (Å²) < 4.78 is 14.9. The van der Waals surface area contributed by atoms with Crippen LogP contribution in [0.5, 0.6) is 0 Å². The summed E-state index contributed by atoms with van der Waals surface area (Å²) in [6.07, 6.45) is 3.17. The molecule has 2 aromatic carbocycles. The monoisotopic (exact) mass is 432 g/mol. The van der Waals surface area contributed by atoms with E-state index in [0.29, 0.717) is 31.1 Å². The normalized spacial score (nSPS) is 24.5. The Hall–Kier alpha value is -2.02. The van der Waals surface area contributed by atoms with Crippen LogP contribution in [0.15, 0.2) is 36.4 Å². The Morgan fingerprint density at radius 3 is 2.39 bits per heavy atom. The van der Waals surface area contributed by atoms with Crippen LogP contribution in [0.2, 0.25) is 0 Å². The number of rotatable bonds is 11. The van der Waals surface area contributed by atoms with Crippen molar-refractivity contribution in [3.8, 4) is 0 Å². The fourth-order valence-electron chi connectivity index (χ4n) is 5.00. The van der Waals surface area contributed by atoms with E-state index in [4.69, 9.17) is 5.11 Å². The number of aliphatic hydroxyl groups is 3. The molecule has 2 aromatic rings. The Labute approximate surface area is 182 Å². The van der Waals surface area contributed by atoms with Crippen LogP contribution in [-0.2, 0) is 4.79 Å². The molecule has 31 heavy (non-hydrogen) atoms. The SMILES string of the molecule is O=C(O)CCCCCCC1C(O)CC(O)C1CC[C@H](O)c1ccc2ccccc2c1F. The number of halogens is 1. The molecule has 170 valence electrons. The number of unbranched alkanes of at least 4 members (excludes halogenated alkanes) is 3. The highest BCUT2D eigenvalue weighted by atomic mass is 19.1. The lowest BCUT2D eigenvalue weighted by Gasteiger charge is -2.25. The van der Waals surface area contributed by atoms with Gasteiger partial charge in [0, 0.05) is 17.4 Å². The number of carboxylic acids is 1. The van der Waals surface area contributed by atoms with Crippen LogP contribution < -0.4 is 0 Å². The van der Waals surface area contributed by atoms with Crippen LogP contribution in [0.25, 0.3) is 10.8 Å². The number of carbonyl (C=O) groups is 1. The maximum absolute atomic E-state index is 14.9. The summed E-state index contributed by atoms with van der Waals surface area (Å²) in [5.74, 6) is -1.37. The maximum Gasteiger partial charge on any atom is 0.303 e. The Morgan fingerprint density at radius 1 is 0.968 bits per heavy atom. The molecule has 0 heterocycles. The van der Waals surface area contributed by atoms with Crippen molar-refractivity contribution in [2.75, 3.05) is 0 Å². The second kappa shape index (κ2) is 11.0. The van der Waals surface area contributed by atoms with E-state index < -0.39 is 30.1 Å². The summed E-state index contributed by atoms with van der Waals surface area (Å²) in [5, 5.41) is 41.4. The van der Waals surface area contributed by atoms with Crippen molar-refractivity contribution in [1.82, 2.24) is 0 Å². The molecule has 0 aliphatic heterocycles. The molecule has 5 atom stereocenters. The Bertz CT molecular complexity index is 870. The van der Waals surface area contributed by atoms with Crippen molar-refractivity contribution < 1.29 is 29.6 Å². The maximum atomic E-state index is 14.9. The first-order chi connectivity index (χ1) is 14.9. The highest BCUT2D eigenvalue weighted by Gasteiger charge is 2.41. The molecule has 1 aliphatic carbocycles. The van der Waals surface area contributed by atoms with Gasteiger partial charge in [0.1, 0.15) is 5.82 Å². The lowest BCUT2D eigenvalue weighted by Crippen LogP contribution is -2.23. The lowest BCUT2D eigenvalue weighted by atomic mass is 9.84. The minimum atomic E-state index is -0.966. The van der Waals surface area contributed by atoms with Gasteiger partial charge in [0.2, 0.25) is 0 Å². The molecule has 3 rings (SSSR count). The van der Waals surface area contributed by atoms with Crippen LogP contribution in [0.3, 0.4) is 0 Å². The van der Waals surface area contributed by atoms with Gasteiger partial charge in [-0.25, -0.2) is 4.39 Å². The van der Waals surface area contributed by atoms with Crippen LogP contribution in [0, 0.1) is 17.7 Å². The summed E-state index contributed by atoms with van der Waals surface area (Å²) in [6, 6.07) is 10.6. The van der Waals surface area contributed by atoms with Crippen LogP contribution in [0.1, 0.15) is 69.5 Å². The number of aliphatic hydroxyl groups excluding tert-OH is 3. The van der Waals surface area contributed by atoms with E-state index >= 15 is 0 Å². The zero-order chi connectivity index (χ0) is 22.4. The number of hydrogen-bond acceptors (Lipinski definition) is 4. The van der Waals surface area contributed by atoms with E-state index in [2.05, 4.69) is 0 Å². The molecule has 1 aliphatic rings. The van der Waals surface area contributed by atoms with Crippen molar-refractivity contribution in [2.45, 2.75) is 76.1 Å². The molecule has 1 saturated carbocycles. The first-order valence-corrected chi connectivity index (χ1v) is 11.3. The molecular weight excluding hydrogens is 399 g/mol. The minimum Gasteiger partial charge on any atom is -0.481 e. The smallest absolute Gasteiger partial charge is 0.303 e. The predicted molar refractivity (Wildman–Crippen MR) is 117 cm³/mol. The Kier molecular flexibility index (Phi) is 8.41. The van der Waals surface area contributed by atoms with Crippen LogP contribution in [-0.4, -0.2) is 38.6 Å². The van der Waals surface area contributed by atoms with Gasteiger partial charge < -0.3 is 20.4 Å². The van der Waals surface area contributed by atoms with E-state index in [1.54, 1.807) is 24.3 Å². The second-order valence-electron chi connectivity index (χ2n) is 8.83. The van der Waals surface area contributed by atoms with Crippen molar-refractivity contribution in [1.29, 1.82) is 0 Å². The fourth-order valence-corrected chi connectivity index (χ4v) is 5.00. The number of hydrogen-bond donors (Lipinski definition) is 4. The first kappa shape index (κ1) is 23.6. The molecule has 0 aromatic heterocycles. The summed E-state index contributed by atoms with van der Waals surface area (Å²) >= 11 is 0. The topological polar surface area (TPSA) is 98.0 Å². The third-order valence-electron chi connectivity index (χ3n) is 6.73. The third kappa shape index (κ3) is 6.03. The molecule has 1 fully saturated rings.